The molecular formula is C3H8NO+. The van der Waals surface area contributed by atoms with Crippen LogP contribution in [0.4, 0.5) is 0 Å². The molecule has 0 heterocycles. The maximum absolute atomic E-state index is 4.97. The van der Waals surface area contributed by atoms with Gasteiger partial charge in [0.1, 0.15) is 6.61 Å². The molecule has 0 aromatic heterocycles. The topological polar surface area (TPSA) is 35.2 Å². The zero-order valence-corrected chi connectivity index (χ0v) is 3.11. The highest BCUT2D eigenvalue weighted by Gasteiger charge is 1.73. The first-order valence-electron chi connectivity index (χ1n) is 1.49. The molecule has 2 heteroatoms. The van der Waals surface area contributed by atoms with E-state index in [2.05, 4.69) is 11.8 Å². The number of nitrogens with two attached hydrogens (primary N) is 1. The van der Waals surface area contributed by atoms with Gasteiger partial charge in [-0.1, -0.05) is 0 Å². The van der Waals surface area contributed by atoms with Crippen LogP contribution < -0.4 is 5.73 Å². The zero-order chi connectivity index (χ0) is 4.12. The van der Waals surface area contributed by atoms with Crippen molar-refractivity contribution in [1.29, 1.82) is 0 Å². The van der Waals surface area contributed by atoms with Gasteiger partial charge in [0.2, 0.25) is 7.11 Å². The van der Waals surface area contributed by atoms with E-state index in [-0.39, 0.29) is 0 Å². The van der Waals surface area contributed by atoms with Crippen LogP contribution in [0.25, 0.3) is 0 Å². The average molecular weight is 74.1 g/mol. The van der Waals surface area contributed by atoms with Crippen molar-refractivity contribution < 1.29 is 4.74 Å². The van der Waals surface area contributed by atoms with Crippen molar-refractivity contribution in [2.75, 3.05) is 13.2 Å². The highest BCUT2D eigenvalue weighted by molar-refractivity contribution is 4.24. The Kier molecular flexibility index (Phi) is 3.63. The van der Waals surface area contributed by atoms with Crippen LogP contribution in [0.1, 0.15) is 0 Å². The molecule has 0 saturated heterocycles. The van der Waals surface area contributed by atoms with Crippen molar-refractivity contribution in [1.82, 2.24) is 0 Å². The van der Waals surface area contributed by atoms with Crippen molar-refractivity contribution in [2.45, 2.75) is 0 Å². The highest BCUT2D eigenvalue weighted by Crippen LogP contribution is 1.57. The lowest BCUT2D eigenvalue weighted by Crippen LogP contribution is -2.04. The standard InChI is InChI=1S/C3H8NO/c1-5-3-2-4/h1-4H2/q+1. The minimum Gasteiger partial charge on any atom is -0.328 e. The number of hydrogen-bond acceptors (Lipinski definition) is 2. The Morgan fingerprint density at radius 1 is 1.80 bits per heavy atom. The second kappa shape index (κ2) is 3.79. The van der Waals surface area contributed by atoms with Gasteiger partial charge >= 0.3 is 0 Å². The summed E-state index contributed by atoms with van der Waals surface area (Å²) in [6, 6.07) is 0. The molecule has 0 aliphatic heterocycles. The third-order valence-corrected chi connectivity index (χ3v) is 0.262. The van der Waals surface area contributed by atoms with Crippen molar-refractivity contribution in [3.05, 3.63) is 7.11 Å². The smallest absolute Gasteiger partial charge is 0.213 e. The second-order valence-electron chi connectivity index (χ2n) is 0.697. The van der Waals surface area contributed by atoms with Gasteiger partial charge in [-0.15, -0.1) is 0 Å². The molecule has 0 aliphatic carbocycles. The molecule has 0 atom stereocenters. The fourth-order valence-corrected chi connectivity index (χ4v) is 0.0833. The lowest BCUT2D eigenvalue weighted by atomic mass is 10.7. The molecule has 0 rings (SSSR count). The van der Waals surface area contributed by atoms with Crippen LogP contribution in [0.15, 0.2) is 0 Å². The Labute approximate surface area is 31.9 Å². The first kappa shape index (κ1) is 4.79. The summed E-state index contributed by atoms with van der Waals surface area (Å²) in [7, 11) is 3.10. The van der Waals surface area contributed by atoms with Gasteiger partial charge in [0.05, 0.1) is 0 Å². The van der Waals surface area contributed by atoms with E-state index in [1.165, 1.54) is 0 Å². The molecule has 0 amide bonds. The van der Waals surface area contributed by atoms with Crippen LogP contribution in [0.5, 0.6) is 0 Å². The number of hydrogen-bond donors (Lipinski definition) is 1. The minimum atomic E-state index is 0.556. The van der Waals surface area contributed by atoms with Gasteiger partial charge in [0.15, 0.2) is 0 Å². The van der Waals surface area contributed by atoms with E-state index in [4.69, 9.17) is 5.73 Å². The summed E-state index contributed by atoms with van der Waals surface area (Å²) in [5.41, 5.74) is 4.97. The first-order valence-corrected chi connectivity index (χ1v) is 1.49. The monoisotopic (exact) mass is 74.1 g/mol. The third kappa shape index (κ3) is 3.79. The molecule has 0 spiro atoms. The lowest BCUT2D eigenvalue weighted by Gasteiger charge is -1.76. The van der Waals surface area contributed by atoms with Crippen LogP contribution in [0, 0.1) is 7.11 Å². The third-order valence-electron chi connectivity index (χ3n) is 0.262. The summed E-state index contributed by atoms with van der Waals surface area (Å²) >= 11 is 0. The van der Waals surface area contributed by atoms with Crippen molar-refractivity contribution in [2.24, 2.45) is 5.73 Å². The summed E-state index contributed by atoms with van der Waals surface area (Å²) in [4.78, 5) is 0. The van der Waals surface area contributed by atoms with Gasteiger partial charge in [-0.25, -0.2) is 0 Å². The Bertz CT molecular complexity index is 14.4. The molecule has 2 nitrogen and oxygen atoms in total. The molecule has 0 aromatic carbocycles. The Morgan fingerprint density at radius 2 is 2.40 bits per heavy atom. The quantitative estimate of drug-likeness (QED) is 0.458. The van der Waals surface area contributed by atoms with Crippen LogP contribution in [-0.4, -0.2) is 13.2 Å². The van der Waals surface area contributed by atoms with Crippen molar-refractivity contribution in [3.63, 3.8) is 0 Å². The molecule has 0 aliphatic rings. The maximum Gasteiger partial charge on any atom is 0.213 e. The van der Waals surface area contributed by atoms with Crippen LogP contribution >= 0.6 is 0 Å². The Morgan fingerprint density at radius 3 is 2.40 bits per heavy atom. The molecule has 0 unspecified atom stereocenters. The Hall–Kier alpha value is -0.210. The molecule has 0 saturated carbocycles. The summed E-state index contributed by atoms with van der Waals surface area (Å²) < 4.78 is 4.32. The van der Waals surface area contributed by atoms with Gasteiger partial charge in [0.25, 0.3) is 0 Å². The molecular weight excluding hydrogens is 66.0 g/mol. The van der Waals surface area contributed by atoms with E-state index >= 15 is 0 Å². The molecule has 0 aromatic rings. The summed E-state index contributed by atoms with van der Waals surface area (Å²) in [6.45, 7) is 1.11. The molecule has 5 heavy (non-hydrogen) atoms. The van der Waals surface area contributed by atoms with Gasteiger partial charge < -0.3 is 5.73 Å². The molecule has 2 N–H and O–H groups in total. The van der Waals surface area contributed by atoms with Crippen LogP contribution in [0.2, 0.25) is 0 Å². The van der Waals surface area contributed by atoms with Gasteiger partial charge in [-0.2, -0.15) is 4.74 Å². The summed E-state index contributed by atoms with van der Waals surface area (Å²) in [5.74, 6) is 0. The predicted molar refractivity (Wildman–Crippen MR) is 20.4 cm³/mol. The molecule has 0 fully saturated rings. The largest absolute Gasteiger partial charge is 0.328 e. The van der Waals surface area contributed by atoms with Gasteiger partial charge in [-0.05, 0) is 0 Å². The molecule has 0 radical (unpaired) electrons. The number of ether oxygens (including phenoxy) is 1. The fourth-order valence-electron chi connectivity index (χ4n) is 0.0833. The number of rotatable bonds is 2. The van der Waals surface area contributed by atoms with E-state index in [9.17, 15) is 0 Å². The first-order chi connectivity index (χ1) is 2.41. The normalized spacial score (nSPS) is 8.20. The summed E-state index contributed by atoms with van der Waals surface area (Å²) in [6.07, 6.45) is 0. The minimum absolute atomic E-state index is 0.556. The van der Waals surface area contributed by atoms with Gasteiger partial charge in [0, 0.05) is 6.54 Å². The summed E-state index contributed by atoms with van der Waals surface area (Å²) in [5, 5.41) is 0. The fraction of sp³-hybridized carbons (Fsp3) is 0.667. The predicted octanol–water partition coefficient (Wildman–Crippen LogP) is -0.247. The van der Waals surface area contributed by atoms with Crippen LogP contribution in [0.3, 0.4) is 0 Å². The molecule has 0 bridgehead atoms. The van der Waals surface area contributed by atoms with Crippen LogP contribution in [-0.2, 0) is 4.74 Å². The SMILES string of the molecule is [CH2+]OCCN. The highest BCUT2D eigenvalue weighted by atomic mass is 16.5. The lowest BCUT2D eigenvalue weighted by molar-refractivity contribution is 0.252. The molecule has 30 valence electrons. The van der Waals surface area contributed by atoms with E-state index in [1.807, 2.05) is 0 Å². The van der Waals surface area contributed by atoms with Crippen molar-refractivity contribution >= 4 is 0 Å². The second-order valence-corrected chi connectivity index (χ2v) is 0.697. The van der Waals surface area contributed by atoms with E-state index in [1.54, 1.807) is 0 Å². The average Bonchev–Trinajstić information content (AvgIpc) is 1.41. The maximum atomic E-state index is 4.97. The van der Waals surface area contributed by atoms with E-state index in [0.29, 0.717) is 13.2 Å². The van der Waals surface area contributed by atoms with Gasteiger partial charge in [-0.3, -0.25) is 0 Å². The zero-order valence-electron chi connectivity index (χ0n) is 3.11. The van der Waals surface area contributed by atoms with E-state index < -0.39 is 0 Å². The Balaban J connectivity index is 2.19. The van der Waals surface area contributed by atoms with Crippen molar-refractivity contribution in [3.8, 4) is 0 Å². The van der Waals surface area contributed by atoms with E-state index in [0.717, 1.165) is 0 Å².